The van der Waals surface area contributed by atoms with Crippen molar-refractivity contribution in [1.82, 2.24) is 5.32 Å². The molecule has 0 radical (unpaired) electrons. The van der Waals surface area contributed by atoms with Crippen LogP contribution in [0.4, 0.5) is 4.39 Å². The Kier molecular flexibility index (Phi) is 4.53. The van der Waals surface area contributed by atoms with Crippen molar-refractivity contribution in [3.8, 4) is 0 Å². The molecule has 1 fully saturated rings. The van der Waals surface area contributed by atoms with E-state index in [0.29, 0.717) is 24.1 Å². The molecule has 0 unspecified atom stereocenters. The second-order valence-corrected chi connectivity index (χ2v) is 5.45. The number of carbonyl (C=O) groups excluding carboxylic acids is 1. The quantitative estimate of drug-likeness (QED) is 0.880. The minimum atomic E-state index is -0.376. The number of halogens is 1. The molecule has 1 aromatic carbocycles. The number of hydrogen-bond donors (Lipinski definition) is 2. The molecule has 0 atom stereocenters. The molecule has 0 saturated heterocycles. The Hall–Kier alpha value is -1.42. The second-order valence-electron chi connectivity index (χ2n) is 5.45. The van der Waals surface area contributed by atoms with E-state index in [1.807, 2.05) is 6.92 Å². The van der Waals surface area contributed by atoms with Gasteiger partial charge in [-0.1, -0.05) is 6.07 Å². The first-order chi connectivity index (χ1) is 9.06. The lowest BCUT2D eigenvalue weighted by molar-refractivity contribution is 0.0942. The number of nitrogens with one attached hydrogen (secondary N) is 1. The maximum absolute atomic E-state index is 13.2. The Balaban J connectivity index is 1.89. The van der Waals surface area contributed by atoms with Gasteiger partial charge >= 0.3 is 0 Å². The van der Waals surface area contributed by atoms with E-state index in [4.69, 9.17) is 5.73 Å². The Labute approximate surface area is 113 Å². The fourth-order valence-corrected chi connectivity index (χ4v) is 2.56. The zero-order chi connectivity index (χ0) is 13.8. The maximum Gasteiger partial charge on any atom is 0.251 e. The summed E-state index contributed by atoms with van der Waals surface area (Å²) in [6.45, 7) is 2.47. The highest BCUT2D eigenvalue weighted by molar-refractivity contribution is 5.95. The van der Waals surface area contributed by atoms with Gasteiger partial charge in [-0.25, -0.2) is 4.39 Å². The van der Waals surface area contributed by atoms with Gasteiger partial charge in [0, 0.05) is 18.2 Å². The van der Waals surface area contributed by atoms with E-state index in [-0.39, 0.29) is 11.7 Å². The van der Waals surface area contributed by atoms with Crippen LogP contribution in [-0.2, 0) is 0 Å². The molecular formula is C15H21FN2O. The fourth-order valence-electron chi connectivity index (χ4n) is 2.56. The summed E-state index contributed by atoms with van der Waals surface area (Å²) in [5.41, 5.74) is 7.07. The van der Waals surface area contributed by atoms with Crippen molar-refractivity contribution in [2.45, 2.75) is 38.6 Å². The third kappa shape index (κ3) is 3.77. The van der Waals surface area contributed by atoms with Crippen molar-refractivity contribution in [2.75, 3.05) is 6.54 Å². The smallest absolute Gasteiger partial charge is 0.251 e. The molecule has 0 heterocycles. The monoisotopic (exact) mass is 264 g/mol. The van der Waals surface area contributed by atoms with Gasteiger partial charge in [0.2, 0.25) is 0 Å². The van der Waals surface area contributed by atoms with Crippen LogP contribution in [0.15, 0.2) is 18.2 Å². The van der Waals surface area contributed by atoms with Gasteiger partial charge in [-0.2, -0.15) is 0 Å². The van der Waals surface area contributed by atoms with Crippen molar-refractivity contribution in [1.29, 1.82) is 0 Å². The van der Waals surface area contributed by atoms with Crippen LogP contribution < -0.4 is 11.1 Å². The van der Waals surface area contributed by atoms with E-state index < -0.39 is 0 Å². The largest absolute Gasteiger partial charge is 0.352 e. The molecular weight excluding hydrogens is 243 g/mol. The first-order valence-corrected chi connectivity index (χ1v) is 6.86. The van der Waals surface area contributed by atoms with Gasteiger partial charge in [-0.05, 0) is 56.2 Å². The average molecular weight is 264 g/mol. The van der Waals surface area contributed by atoms with Gasteiger partial charge in [0.1, 0.15) is 5.82 Å². The summed E-state index contributed by atoms with van der Waals surface area (Å²) in [6, 6.07) is 4.61. The van der Waals surface area contributed by atoms with E-state index in [2.05, 4.69) is 5.32 Å². The molecule has 3 nitrogen and oxygen atoms in total. The third-order valence-corrected chi connectivity index (χ3v) is 3.89. The zero-order valence-corrected chi connectivity index (χ0v) is 11.3. The number of aryl methyl sites for hydroxylation is 1. The minimum absolute atomic E-state index is 0.188. The molecule has 3 N–H and O–H groups in total. The topological polar surface area (TPSA) is 55.1 Å². The molecule has 1 amide bonds. The first kappa shape index (κ1) is 14.0. The molecule has 1 aliphatic carbocycles. The number of amides is 1. The van der Waals surface area contributed by atoms with E-state index >= 15 is 0 Å². The van der Waals surface area contributed by atoms with Crippen molar-refractivity contribution in [3.05, 3.63) is 35.1 Å². The summed E-state index contributed by atoms with van der Waals surface area (Å²) < 4.78 is 13.2. The molecule has 4 heteroatoms. The molecule has 104 valence electrons. The predicted octanol–water partition coefficient (Wildman–Crippen LogP) is 2.38. The number of hydrogen-bond acceptors (Lipinski definition) is 2. The van der Waals surface area contributed by atoms with Crippen LogP contribution >= 0.6 is 0 Å². The second kappa shape index (κ2) is 6.15. The number of carbonyl (C=O) groups is 1. The van der Waals surface area contributed by atoms with Gasteiger partial charge in [-0.3, -0.25) is 4.79 Å². The average Bonchev–Trinajstić information content (AvgIpc) is 2.40. The summed E-state index contributed by atoms with van der Waals surface area (Å²) >= 11 is 0. The minimum Gasteiger partial charge on any atom is -0.352 e. The van der Waals surface area contributed by atoms with Crippen LogP contribution in [0.25, 0.3) is 0 Å². The zero-order valence-electron chi connectivity index (χ0n) is 11.3. The van der Waals surface area contributed by atoms with Crippen LogP contribution in [0, 0.1) is 18.7 Å². The maximum atomic E-state index is 13.2. The Morgan fingerprint density at radius 1 is 1.37 bits per heavy atom. The van der Waals surface area contributed by atoms with E-state index in [1.165, 1.54) is 12.1 Å². The third-order valence-electron chi connectivity index (χ3n) is 3.89. The van der Waals surface area contributed by atoms with E-state index in [9.17, 15) is 9.18 Å². The molecule has 1 aromatic rings. The number of rotatable bonds is 3. The highest BCUT2D eigenvalue weighted by atomic mass is 19.1. The van der Waals surface area contributed by atoms with Gasteiger partial charge < -0.3 is 11.1 Å². The van der Waals surface area contributed by atoms with Gasteiger partial charge in [0.05, 0.1) is 0 Å². The standard InChI is InChI=1S/C15H21FN2O/c1-10-2-5-12(16)8-14(10)15(19)18-9-11-3-6-13(17)7-4-11/h2,5,8,11,13H,3-4,6-7,9,17H2,1H3,(H,18,19). The van der Waals surface area contributed by atoms with Gasteiger partial charge in [0.15, 0.2) is 0 Å². The van der Waals surface area contributed by atoms with Crippen LogP contribution in [0.1, 0.15) is 41.6 Å². The molecule has 1 saturated carbocycles. The van der Waals surface area contributed by atoms with Crippen LogP contribution in [0.3, 0.4) is 0 Å². The van der Waals surface area contributed by atoms with Crippen LogP contribution in [0.5, 0.6) is 0 Å². The van der Waals surface area contributed by atoms with Crippen molar-refractivity contribution in [3.63, 3.8) is 0 Å². The van der Waals surface area contributed by atoms with Crippen molar-refractivity contribution >= 4 is 5.91 Å². The lowest BCUT2D eigenvalue weighted by atomic mass is 9.86. The van der Waals surface area contributed by atoms with Crippen molar-refractivity contribution < 1.29 is 9.18 Å². The fraction of sp³-hybridized carbons (Fsp3) is 0.533. The molecule has 1 aliphatic rings. The molecule has 2 rings (SSSR count). The Morgan fingerprint density at radius 2 is 2.05 bits per heavy atom. The van der Waals surface area contributed by atoms with E-state index in [0.717, 1.165) is 31.2 Å². The highest BCUT2D eigenvalue weighted by Crippen LogP contribution is 2.22. The van der Waals surface area contributed by atoms with Crippen molar-refractivity contribution in [2.24, 2.45) is 11.7 Å². The molecule has 0 aromatic heterocycles. The van der Waals surface area contributed by atoms with Crippen LogP contribution in [0.2, 0.25) is 0 Å². The summed E-state index contributed by atoms with van der Waals surface area (Å²) in [7, 11) is 0. The predicted molar refractivity (Wildman–Crippen MR) is 73.4 cm³/mol. The molecule has 0 aliphatic heterocycles. The highest BCUT2D eigenvalue weighted by Gasteiger charge is 2.19. The molecule has 19 heavy (non-hydrogen) atoms. The summed E-state index contributed by atoms with van der Waals surface area (Å²) in [5, 5.41) is 2.91. The Morgan fingerprint density at radius 3 is 2.74 bits per heavy atom. The van der Waals surface area contributed by atoms with E-state index in [1.54, 1.807) is 6.07 Å². The Bertz CT molecular complexity index is 453. The summed E-state index contributed by atoms with van der Waals surface area (Å²) in [5.74, 6) is -0.0659. The molecule has 0 bridgehead atoms. The number of benzene rings is 1. The van der Waals surface area contributed by atoms with Gasteiger partial charge in [0.25, 0.3) is 5.91 Å². The van der Waals surface area contributed by atoms with Gasteiger partial charge in [-0.15, -0.1) is 0 Å². The van der Waals surface area contributed by atoms with Crippen LogP contribution in [-0.4, -0.2) is 18.5 Å². The summed E-state index contributed by atoms with van der Waals surface area (Å²) in [4.78, 5) is 12.0. The lowest BCUT2D eigenvalue weighted by Gasteiger charge is -2.26. The molecule has 0 spiro atoms. The lowest BCUT2D eigenvalue weighted by Crippen LogP contribution is -2.34. The SMILES string of the molecule is Cc1ccc(F)cc1C(=O)NCC1CCC(N)CC1. The summed E-state index contributed by atoms with van der Waals surface area (Å²) in [6.07, 6.45) is 4.17. The first-order valence-electron chi connectivity index (χ1n) is 6.86. The number of nitrogens with two attached hydrogens (primary N) is 1. The normalized spacial score (nSPS) is 23.1.